The third kappa shape index (κ3) is 1.17. The number of nitrogens with one attached hydrogen (secondary N) is 1. The van der Waals surface area contributed by atoms with Crippen LogP contribution in [0, 0.1) is 11.3 Å². The lowest BCUT2D eigenvalue weighted by atomic mass is 10.1. The van der Waals surface area contributed by atoms with E-state index in [0.29, 0.717) is 10.9 Å². The fraction of sp³-hybridized carbons (Fsp3) is 0. The van der Waals surface area contributed by atoms with Crippen LogP contribution in [-0.2, 0) is 0 Å². The van der Waals surface area contributed by atoms with Gasteiger partial charge in [-0.1, -0.05) is 23.7 Å². The molecule has 0 aliphatic rings. The molecule has 0 amide bonds. The molecule has 0 saturated carbocycles. The largest absolute Gasteiger partial charge is 0.344 e. The summed E-state index contributed by atoms with van der Waals surface area (Å²) in [5.74, 6) is 0. The Hall–Kier alpha value is -1.79. The van der Waals surface area contributed by atoms with Crippen molar-refractivity contribution in [2.45, 2.75) is 0 Å². The Morgan fingerprint density at radius 1 is 1.36 bits per heavy atom. The van der Waals surface area contributed by atoms with Crippen molar-refractivity contribution in [1.82, 2.24) is 4.98 Å². The summed E-state index contributed by atoms with van der Waals surface area (Å²) >= 11 is 5.73. The lowest BCUT2D eigenvalue weighted by molar-refractivity contribution is 1.34. The molecule has 1 aromatic carbocycles. The number of rotatable bonds is 0. The van der Waals surface area contributed by atoms with Gasteiger partial charge in [-0.05, 0) is 12.1 Å². The van der Waals surface area contributed by atoms with Crippen LogP contribution in [0.25, 0.3) is 10.9 Å². The van der Waals surface area contributed by atoms with E-state index < -0.39 is 0 Å². The number of pyridine rings is 1. The first kappa shape index (κ1) is 8.79. The van der Waals surface area contributed by atoms with Crippen LogP contribution in [0.4, 0.5) is 0 Å². The van der Waals surface area contributed by atoms with Gasteiger partial charge in [-0.15, -0.1) is 0 Å². The van der Waals surface area contributed by atoms with Crippen molar-refractivity contribution in [2.75, 3.05) is 0 Å². The molecule has 1 aromatic heterocycles. The van der Waals surface area contributed by atoms with Crippen molar-refractivity contribution in [2.24, 2.45) is 0 Å². The average molecular weight is 205 g/mol. The number of para-hydroxylation sites is 1. The van der Waals surface area contributed by atoms with E-state index in [1.807, 2.05) is 0 Å². The van der Waals surface area contributed by atoms with Crippen LogP contribution in [0.1, 0.15) is 5.56 Å². The van der Waals surface area contributed by atoms with E-state index in [4.69, 9.17) is 16.9 Å². The lowest BCUT2D eigenvalue weighted by Crippen LogP contribution is -2.08. The van der Waals surface area contributed by atoms with Gasteiger partial charge >= 0.3 is 0 Å². The molecule has 3 nitrogen and oxygen atoms in total. The van der Waals surface area contributed by atoms with E-state index in [2.05, 4.69) is 4.98 Å². The lowest BCUT2D eigenvalue weighted by Gasteiger charge is -1.99. The van der Waals surface area contributed by atoms with Gasteiger partial charge in [0.2, 0.25) is 5.43 Å². The molecular formula is C10H5ClN2O. The van der Waals surface area contributed by atoms with E-state index in [1.165, 1.54) is 0 Å². The van der Waals surface area contributed by atoms with Crippen LogP contribution in [0.2, 0.25) is 5.15 Å². The minimum Gasteiger partial charge on any atom is -0.344 e. The van der Waals surface area contributed by atoms with Crippen molar-refractivity contribution < 1.29 is 0 Å². The molecule has 0 radical (unpaired) electrons. The topological polar surface area (TPSA) is 56.6 Å². The molecule has 68 valence electrons. The van der Waals surface area contributed by atoms with E-state index >= 15 is 0 Å². The van der Waals surface area contributed by atoms with Crippen LogP contribution < -0.4 is 5.43 Å². The smallest absolute Gasteiger partial charge is 0.208 e. The summed E-state index contributed by atoms with van der Waals surface area (Å²) in [6.07, 6.45) is 0. The molecule has 0 bridgehead atoms. The van der Waals surface area contributed by atoms with E-state index in [0.717, 1.165) is 0 Å². The number of nitrogens with zero attached hydrogens (tertiary/aromatic N) is 1. The summed E-state index contributed by atoms with van der Waals surface area (Å²) in [5, 5.41) is 9.28. The van der Waals surface area contributed by atoms with Crippen molar-refractivity contribution >= 4 is 22.5 Å². The molecule has 1 N–H and O–H groups in total. The first-order chi connectivity index (χ1) is 6.74. The van der Waals surface area contributed by atoms with Crippen LogP contribution >= 0.6 is 11.6 Å². The highest BCUT2D eigenvalue weighted by molar-refractivity contribution is 6.30. The van der Waals surface area contributed by atoms with Crippen molar-refractivity contribution in [3.63, 3.8) is 0 Å². The number of aromatic amines is 1. The second-order valence-corrected chi connectivity index (χ2v) is 3.18. The quantitative estimate of drug-likeness (QED) is 0.668. The highest BCUT2D eigenvalue weighted by Gasteiger charge is 2.08. The molecule has 0 spiro atoms. The number of nitriles is 1. The van der Waals surface area contributed by atoms with Crippen LogP contribution in [0.15, 0.2) is 29.1 Å². The Labute approximate surface area is 84.6 Å². The zero-order valence-corrected chi connectivity index (χ0v) is 7.80. The van der Waals surface area contributed by atoms with Crippen LogP contribution in [-0.4, -0.2) is 4.98 Å². The van der Waals surface area contributed by atoms with Gasteiger partial charge < -0.3 is 4.98 Å². The number of H-pyrrole nitrogens is 1. The minimum absolute atomic E-state index is 0.0367. The van der Waals surface area contributed by atoms with Gasteiger partial charge in [-0.3, -0.25) is 4.79 Å². The second-order valence-electron chi connectivity index (χ2n) is 2.80. The first-order valence-corrected chi connectivity index (χ1v) is 4.32. The van der Waals surface area contributed by atoms with Gasteiger partial charge in [0, 0.05) is 5.39 Å². The normalized spacial score (nSPS) is 10.0. The van der Waals surface area contributed by atoms with Gasteiger partial charge in [0.25, 0.3) is 0 Å². The number of hydrogen-bond donors (Lipinski definition) is 1. The SMILES string of the molecule is N#Cc1c(Cl)[nH]c2ccccc2c1=O. The molecule has 0 unspecified atom stereocenters. The molecule has 0 fully saturated rings. The molecule has 0 aliphatic carbocycles. The maximum Gasteiger partial charge on any atom is 0.208 e. The summed E-state index contributed by atoms with van der Waals surface area (Å²) in [6.45, 7) is 0. The van der Waals surface area contributed by atoms with Crippen molar-refractivity contribution in [1.29, 1.82) is 5.26 Å². The predicted octanol–water partition coefficient (Wildman–Crippen LogP) is 2.05. The van der Waals surface area contributed by atoms with Crippen LogP contribution in [0.3, 0.4) is 0 Å². The summed E-state index contributed by atoms with van der Waals surface area (Å²) in [4.78, 5) is 14.4. The fourth-order valence-corrected chi connectivity index (χ4v) is 1.53. The number of halogens is 1. The Kier molecular flexibility index (Phi) is 1.99. The summed E-state index contributed by atoms with van der Waals surface area (Å²) in [7, 11) is 0. The van der Waals surface area contributed by atoms with E-state index in [-0.39, 0.29) is 16.1 Å². The molecule has 0 aliphatic heterocycles. The Morgan fingerprint density at radius 3 is 2.79 bits per heavy atom. The summed E-state index contributed by atoms with van der Waals surface area (Å²) < 4.78 is 0. The predicted molar refractivity (Wildman–Crippen MR) is 54.3 cm³/mol. The first-order valence-electron chi connectivity index (χ1n) is 3.94. The Balaban J connectivity index is 3.03. The average Bonchev–Trinajstić information content (AvgIpc) is 2.18. The molecule has 0 atom stereocenters. The molecule has 14 heavy (non-hydrogen) atoms. The molecular weight excluding hydrogens is 200 g/mol. The van der Waals surface area contributed by atoms with Gasteiger partial charge in [0.05, 0.1) is 5.52 Å². The maximum atomic E-state index is 11.7. The Bertz CT molecular complexity index is 595. The molecule has 4 heteroatoms. The minimum atomic E-state index is -0.327. The summed E-state index contributed by atoms with van der Waals surface area (Å²) in [6, 6.07) is 8.71. The van der Waals surface area contributed by atoms with E-state index in [9.17, 15) is 4.79 Å². The van der Waals surface area contributed by atoms with Gasteiger partial charge in [0.1, 0.15) is 16.8 Å². The molecule has 2 aromatic rings. The third-order valence-corrected chi connectivity index (χ3v) is 2.26. The summed E-state index contributed by atoms with van der Waals surface area (Å²) in [5.41, 5.74) is 0.277. The number of benzene rings is 1. The standard InChI is InChI=1S/C10H5ClN2O/c11-10-7(5-12)9(14)6-3-1-2-4-8(6)13-10/h1-4H,(H,13,14). The zero-order chi connectivity index (χ0) is 10.1. The number of fused-ring (bicyclic) bond motifs is 1. The van der Waals surface area contributed by atoms with Crippen LogP contribution in [0.5, 0.6) is 0 Å². The maximum absolute atomic E-state index is 11.7. The second kappa shape index (κ2) is 3.17. The van der Waals surface area contributed by atoms with Crippen molar-refractivity contribution in [3.8, 4) is 6.07 Å². The molecule has 1 heterocycles. The number of aromatic nitrogens is 1. The van der Waals surface area contributed by atoms with Gasteiger partial charge in [-0.25, -0.2) is 0 Å². The van der Waals surface area contributed by atoms with Crippen molar-refractivity contribution in [3.05, 3.63) is 45.2 Å². The number of hydrogen-bond acceptors (Lipinski definition) is 2. The molecule has 2 rings (SSSR count). The fourth-order valence-electron chi connectivity index (χ4n) is 1.31. The Morgan fingerprint density at radius 2 is 2.07 bits per heavy atom. The third-order valence-electron chi connectivity index (χ3n) is 1.97. The molecule has 0 saturated heterocycles. The van der Waals surface area contributed by atoms with Gasteiger partial charge in [0.15, 0.2) is 0 Å². The monoisotopic (exact) mass is 204 g/mol. The van der Waals surface area contributed by atoms with Gasteiger partial charge in [-0.2, -0.15) is 5.26 Å². The zero-order valence-electron chi connectivity index (χ0n) is 7.04. The van der Waals surface area contributed by atoms with E-state index in [1.54, 1.807) is 30.3 Å². The highest BCUT2D eigenvalue weighted by Crippen LogP contribution is 2.14. The highest BCUT2D eigenvalue weighted by atomic mass is 35.5.